The molecule has 0 aromatic rings. The average Bonchev–Trinajstić information content (AvgIpc) is 2.18. The van der Waals surface area contributed by atoms with E-state index in [0.29, 0.717) is 12.1 Å². The Morgan fingerprint density at radius 1 is 1.47 bits per heavy atom. The fourth-order valence-corrected chi connectivity index (χ4v) is 2.48. The van der Waals surface area contributed by atoms with Gasteiger partial charge in [0.05, 0.1) is 6.61 Å². The van der Waals surface area contributed by atoms with Crippen LogP contribution in [0.2, 0.25) is 0 Å². The molecule has 2 atom stereocenters. The minimum absolute atomic E-state index is 0.143. The predicted octanol–water partition coefficient (Wildman–Crippen LogP) is 1.48. The highest BCUT2D eigenvalue weighted by molar-refractivity contribution is 4.92. The molecule has 3 nitrogen and oxygen atoms in total. The fraction of sp³-hybridized carbons (Fsp3) is 1.00. The maximum Gasteiger partial charge on any atom is 0.0641 e. The first kappa shape index (κ1) is 12.9. The molecule has 0 spiro atoms. The number of ether oxygens (including phenoxy) is 1. The summed E-state index contributed by atoms with van der Waals surface area (Å²) in [5.74, 6) is 0. The number of rotatable bonds is 4. The van der Waals surface area contributed by atoms with Crippen molar-refractivity contribution in [3.05, 3.63) is 0 Å². The fourth-order valence-electron chi connectivity index (χ4n) is 2.48. The molecule has 90 valence electrons. The van der Waals surface area contributed by atoms with Gasteiger partial charge < -0.3 is 10.1 Å². The maximum absolute atomic E-state index is 5.31. The summed E-state index contributed by atoms with van der Waals surface area (Å²) in [4.78, 5) is 2.57. The van der Waals surface area contributed by atoms with Crippen molar-refractivity contribution >= 4 is 0 Å². The molecule has 15 heavy (non-hydrogen) atoms. The first-order valence-corrected chi connectivity index (χ1v) is 6.00. The summed E-state index contributed by atoms with van der Waals surface area (Å²) < 4.78 is 5.31. The van der Waals surface area contributed by atoms with E-state index in [9.17, 15) is 0 Å². The molecular weight excluding hydrogens is 188 g/mol. The summed E-state index contributed by atoms with van der Waals surface area (Å²) >= 11 is 0. The first-order chi connectivity index (χ1) is 7.01. The summed E-state index contributed by atoms with van der Waals surface area (Å²) in [7, 11) is 1.78. The van der Waals surface area contributed by atoms with Crippen molar-refractivity contribution < 1.29 is 4.74 Å². The molecule has 1 N–H and O–H groups in total. The van der Waals surface area contributed by atoms with E-state index >= 15 is 0 Å². The Kier molecular flexibility index (Phi) is 4.56. The topological polar surface area (TPSA) is 24.5 Å². The van der Waals surface area contributed by atoms with Gasteiger partial charge in [-0.25, -0.2) is 0 Å². The molecular formula is C12H26N2O. The first-order valence-electron chi connectivity index (χ1n) is 6.00. The third kappa shape index (κ3) is 3.16. The summed E-state index contributed by atoms with van der Waals surface area (Å²) in [6.07, 6.45) is 1.20. The van der Waals surface area contributed by atoms with Crippen LogP contribution in [0.3, 0.4) is 0 Å². The Morgan fingerprint density at radius 3 is 2.67 bits per heavy atom. The van der Waals surface area contributed by atoms with Crippen LogP contribution in [0.1, 0.15) is 34.1 Å². The lowest BCUT2D eigenvalue weighted by Gasteiger charge is -2.47. The quantitative estimate of drug-likeness (QED) is 0.767. The zero-order valence-electron chi connectivity index (χ0n) is 10.8. The molecule has 0 aromatic carbocycles. The molecule has 1 aliphatic rings. The SMILES string of the molecule is CCC1CN(C(C)(C)COC)C(C)CN1. The molecule has 0 saturated carbocycles. The summed E-state index contributed by atoms with van der Waals surface area (Å²) in [6, 6.07) is 1.23. The van der Waals surface area contributed by atoms with Crippen LogP contribution in [-0.2, 0) is 4.74 Å². The van der Waals surface area contributed by atoms with Crippen LogP contribution in [-0.4, -0.2) is 49.3 Å². The van der Waals surface area contributed by atoms with Gasteiger partial charge >= 0.3 is 0 Å². The molecule has 0 radical (unpaired) electrons. The van der Waals surface area contributed by atoms with Crippen LogP contribution in [0.25, 0.3) is 0 Å². The van der Waals surface area contributed by atoms with Crippen molar-refractivity contribution in [3.8, 4) is 0 Å². The smallest absolute Gasteiger partial charge is 0.0641 e. The number of nitrogens with zero attached hydrogens (tertiary/aromatic N) is 1. The molecule has 1 saturated heterocycles. The van der Waals surface area contributed by atoms with Crippen LogP contribution in [0, 0.1) is 0 Å². The third-order valence-electron chi connectivity index (χ3n) is 3.42. The van der Waals surface area contributed by atoms with Crippen LogP contribution < -0.4 is 5.32 Å². The van der Waals surface area contributed by atoms with Crippen LogP contribution in [0.4, 0.5) is 0 Å². The second-order valence-electron chi connectivity index (χ2n) is 5.26. The Morgan fingerprint density at radius 2 is 2.13 bits per heavy atom. The van der Waals surface area contributed by atoms with Gasteiger partial charge in [0.25, 0.3) is 0 Å². The van der Waals surface area contributed by atoms with Gasteiger partial charge in [-0.15, -0.1) is 0 Å². The van der Waals surface area contributed by atoms with E-state index in [1.165, 1.54) is 6.42 Å². The van der Waals surface area contributed by atoms with Crippen molar-refractivity contribution in [1.82, 2.24) is 10.2 Å². The van der Waals surface area contributed by atoms with E-state index in [1.807, 2.05) is 0 Å². The molecule has 1 rings (SSSR count). The van der Waals surface area contributed by atoms with Crippen LogP contribution >= 0.6 is 0 Å². The van der Waals surface area contributed by atoms with E-state index < -0.39 is 0 Å². The van der Waals surface area contributed by atoms with E-state index in [2.05, 4.69) is 37.9 Å². The molecule has 1 aliphatic heterocycles. The van der Waals surface area contributed by atoms with Crippen molar-refractivity contribution in [2.45, 2.75) is 51.7 Å². The van der Waals surface area contributed by atoms with Gasteiger partial charge in [0, 0.05) is 37.8 Å². The molecule has 0 aliphatic carbocycles. The minimum atomic E-state index is 0.143. The lowest BCUT2D eigenvalue weighted by molar-refractivity contribution is -0.0119. The van der Waals surface area contributed by atoms with Crippen molar-refractivity contribution in [2.24, 2.45) is 0 Å². The molecule has 1 fully saturated rings. The number of methoxy groups -OCH3 is 1. The predicted molar refractivity (Wildman–Crippen MR) is 64.2 cm³/mol. The van der Waals surface area contributed by atoms with Crippen LogP contribution in [0.5, 0.6) is 0 Å². The van der Waals surface area contributed by atoms with Gasteiger partial charge in [-0.3, -0.25) is 4.90 Å². The Bertz CT molecular complexity index is 194. The number of nitrogens with one attached hydrogen (secondary N) is 1. The third-order valence-corrected chi connectivity index (χ3v) is 3.42. The Balaban J connectivity index is 2.64. The summed E-state index contributed by atoms with van der Waals surface area (Å²) in [6.45, 7) is 12.1. The van der Waals surface area contributed by atoms with E-state index in [-0.39, 0.29) is 5.54 Å². The highest BCUT2D eigenvalue weighted by Gasteiger charge is 2.34. The van der Waals surface area contributed by atoms with E-state index in [1.54, 1.807) is 7.11 Å². The second-order valence-corrected chi connectivity index (χ2v) is 5.26. The van der Waals surface area contributed by atoms with Gasteiger partial charge in [0.2, 0.25) is 0 Å². The minimum Gasteiger partial charge on any atom is -0.383 e. The zero-order valence-corrected chi connectivity index (χ0v) is 10.8. The molecule has 0 amide bonds. The maximum atomic E-state index is 5.31. The van der Waals surface area contributed by atoms with Crippen molar-refractivity contribution in [2.75, 3.05) is 26.8 Å². The monoisotopic (exact) mass is 214 g/mol. The average molecular weight is 214 g/mol. The number of piperazine rings is 1. The summed E-state index contributed by atoms with van der Waals surface area (Å²) in [5.41, 5.74) is 0.143. The van der Waals surface area contributed by atoms with Crippen LogP contribution in [0.15, 0.2) is 0 Å². The Hall–Kier alpha value is -0.120. The molecule has 2 unspecified atom stereocenters. The van der Waals surface area contributed by atoms with Gasteiger partial charge in [-0.2, -0.15) is 0 Å². The number of hydrogen-bond acceptors (Lipinski definition) is 3. The van der Waals surface area contributed by atoms with E-state index in [0.717, 1.165) is 19.7 Å². The molecule has 3 heteroatoms. The van der Waals surface area contributed by atoms with Gasteiger partial charge in [0.15, 0.2) is 0 Å². The standard InChI is InChI=1S/C12H26N2O/c1-6-11-8-14(10(2)7-13-11)12(3,4)9-15-5/h10-11,13H,6-9H2,1-5H3. The molecule has 1 heterocycles. The molecule has 0 aromatic heterocycles. The van der Waals surface area contributed by atoms with Gasteiger partial charge in [-0.05, 0) is 27.2 Å². The second kappa shape index (κ2) is 5.28. The highest BCUT2D eigenvalue weighted by atomic mass is 16.5. The van der Waals surface area contributed by atoms with Crippen molar-refractivity contribution in [3.63, 3.8) is 0 Å². The van der Waals surface area contributed by atoms with Gasteiger partial charge in [0.1, 0.15) is 0 Å². The summed E-state index contributed by atoms with van der Waals surface area (Å²) in [5, 5.41) is 3.58. The molecule has 0 bridgehead atoms. The highest BCUT2D eigenvalue weighted by Crippen LogP contribution is 2.21. The normalized spacial score (nSPS) is 29.4. The van der Waals surface area contributed by atoms with Crippen molar-refractivity contribution in [1.29, 1.82) is 0 Å². The largest absolute Gasteiger partial charge is 0.383 e. The lowest BCUT2D eigenvalue weighted by Crippen LogP contribution is -2.62. The van der Waals surface area contributed by atoms with E-state index in [4.69, 9.17) is 4.74 Å². The lowest BCUT2D eigenvalue weighted by atomic mass is 9.97. The Labute approximate surface area is 94.2 Å². The number of hydrogen-bond donors (Lipinski definition) is 1. The van der Waals surface area contributed by atoms with Gasteiger partial charge in [-0.1, -0.05) is 6.92 Å². The zero-order chi connectivity index (χ0) is 11.5.